The van der Waals surface area contributed by atoms with Crippen molar-refractivity contribution in [1.82, 2.24) is 14.5 Å². The molecule has 1 aliphatic heterocycles. The quantitative estimate of drug-likeness (QED) is 0.907. The average molecular weight is 342 g/mol. The fraction of sp³-hybridized carbons (Fsp3) is 0.474. The summed E-state index contributed by atoms with van der Waals surface area (Å²) >= 11 is 0. The van der Waals surface area contributed by atoms with Gasteiger partial charge in [-0.3, -0.25) is 4.90 Å². The van der Waals surface area contributed by atoms with Crippen molar-refractivity contribution in [3.05, 3.63) is 53.1 Å². The van der Waals surface area contributed by atoms with Gasteiger partial charge in [-0.05, 0) is 17.9 Å². The van der Waals surface area contributed by atoms with Gasteiger partial charge in [-0.25, -0.2) is 9.78 Å². The Morgan fingerprint density at radius 2 is 2.04 bits per heavy atom. The normalized spacial score (nSPS) is 13.8. The van der Waals surface area contributed by atoms with Gasteiger partial charge in [0.05, 0.1) is 17.9 Å². The molecular formula is C19H26N4O2. The number of ether oxygens (including phenoxy) is 1. The van der Waals surface area contributed by atoms with E-state index < -0.39 is 0 Å². The maximum absolute atomic E-state index is 12.4. The fourth-order valence-corrected chi connectivity index (χ4v) is 3.19. The van der Waals surface area contributed by atoms with Gasteiger partial charge in [-0.1, -0.05) is 44.2 Å². The zero-order chi connectivity index (χ0) is 17.8. The molecule has 0 unspecified atom stereocenters. The van der Waals surface area contributed by atoms with E-state index in [1.54, 1.807) is 4.90 Å². The Balaban J connectivity index is 1.66. The van der Waals surface area contributed by atoms with Crippen molar-refractivity contribution >= 4 is 6.09 Å². The summed E-state index contributed by atoms with van der Waals surface area (Å²) in [6.07, 6.45) is 0.614. The van der Waals surface area contributed by atoms with Gasteiger partial charge >= 0.3 is 6.09 Å². The molecule has 0 radical (unpaired) electrons. The molecule has 0 aliphatic carbocycles. The summed E-state index contributed by atoms with van der Waals surface area (Å²) in [5, 5.41) is 0. The molecule has 6 heteroatoms. The molecule has 0 bridgehead atoms. The van der Waals surface area contributed by atoms with Crippen LogP contribution in [0.25, 0.3) is 0 Å². The van der Waals surface area contributed by atoms with Crippen LogP contribution in [-0.4, -0.2) is 27.1 Å². The highest BCUT2D eigenvalue weighted by Crippen LogP contribution is 2.21. The van der Waals surface area contributed by atoms with E-state index in [1.165, 1.54) is 0 Å². The monoisotopic (exact) mass is 342 g/mol. The number of imidazole rings is 1. The van der Waals surface area contributed by atoms with E-state index in [4.69, 9.17) is 15.5 Å². The third kappa shape index (κ3) is 4.02. The highest BCUT2D eigenvalue weighted by Gasteiger charge is 2.26. The summed E-state index contributed by atoms with van der Waals surface area (Å²) in [5.74, 6) is 1.42. The number of benzene rings is 1. The van der Waals surface area contributed by atoms with Crippen LogP contribution in [-0.2, 0) is 37.4 Å². The first-order valence-electron chi connectivity index (χ1n) is 8.81. The number of fused-ring (bicyclic) bond motifs is 1. The number of carbonyl (C=O) groups excluding carboxylic acids is 1. The van der Waals surface area contributed by atoms with Crippen molar-refractivity contribution in [1.29, 1.82) is 0 Å². The number of hydrogen-bond acceptors (Lipinski definition) is 4. The predicted molar refractivity (Wildman–Crippen MR) is 95.7 cm³/mol. The van der Waals surface area contributed by atoms with Crippen LogP contribution in [0.1, 0.15) is 36.6 Å². The van der Waals surface area contributed by atoms with Gasteiger partial charge in [0.2, 0.25) is 0 Å². The number of carbonyl (C=O) groups is 1. The van der Waals surface area contributed by atoms with Gasteiger partial charge in [-0.15, -0.1) is 0 Å². The number of nitrogens with two attached hydrogens (primary N) is 1. The first kappa shape index (κ1) is 17.5. The number of nitrogens with zero attached hydrogens (tertiary/aromatic N) is 3. The summed E-state index contributed by atoms with van der Waals surface area (Å²) in [4.78, 5) is 18.8. The van der Waals surface area contributed by atoms with E-state index in [1.807, 2.05) is 30.3 Å². The molecule has 0 saturated carbocycles. The Hall–Kier alpha value is -2.34. The molecule has 1 aromatic heterocycles. The summed E-state index contributed by atoms with van der Waals surface area (Å²) < 4.78 is 7.60. The lowest BCUT2D eigenvalue weighted by molar-refractivity contribution is 0.0859. The molecule has 3 rings (SSSR count). The molecule has 0 fully saturated rings. The van der Waals surface area contributed by atoms with Crippen LogP contribution in [0.4, 0.5) is 4.79 Å². The first-order chi connectivity index (χ1) is 12.1. The SMILES string of the molecule is CC(C)Cc1nc2n(c1CN)CCN(C(=O)OCc1ccccc1)C2. The third-order valence-corrected chi connectivity index (χ3v) is 4.42. The smallest absolute Gasteiger partial charge is 0.410 e. The van der Waals surface area contributed by atoms with E-state index >= 15 is 0 Å². The Morgan fingerprint density at radius 3 is 2.72 bits per heavy atom. The molecule has 1 aromatic carbocycles. The first-order valence-corrected chi connectivity index (χ1v) is 8.81. The summed E-state index contributed by atoms with van der Waals surface area (Å²) in [7, 11) is 0. The molecule has 0 atom stereocenters. The lowest BCUT2D eigenvalue weighted by Crippen LogP contribution is -2.39. The maximum Gasteiger partial charge on any atom is 0.410 e. The van der Waals surface area contributed by atoms with Gasteiger partial charge < -0.3 is 15.0 Å². The second kappa shape index (κ2) is 7.70. The predicted octanol–water partition coefficient (Wildman–Crippen LogP) is 2.69. The number of rotatable bonds is 5. The minimum Gasteiger partial charge on any atom is -0.445 e. The van der Waals surface area contributed by atoms with E-state index in [0.29, 0.717) is 32.1 Å². The standard InChI is InChI=1S/C19H26N4O2/c1-14(2)10-16-17(11-20)23-9-8-22(12-18(23)21-16)19(24)25-13-15-6-4-3-5-7-15/h3-7,14H,8-13,20H2,1-2H3. The molecule has 1 amide bonds. The second-order valence-electron chi connectivity index (χ2n) is 6.84. The Bertz CT molecular complexity index is 725. The Morgan fingerprint density at radius 1 is 1.28 bits per heavy atom. The lowest BCUT2D eigenvalue weighted by Gasteiger charge is -2.27. The third-order valence-electron chi connectivity index (χ3n) is 4.42. The molecule has 2 heterocycles. The molecular weight excluding hydrogens is 316 g/mol. The van der Waals surface area contributed by atoms with Crippen LogP contribution in [0.15, 0.2) is 30.3 Å². The highest BCUT2D eigenvalue weighted by molar-refractivity contribution is 5.67. The van der Waals surface area contributed by atoms with Crippen molar-refractivity contribution in [2.45, 2.75) is 46.5 Å². The van der Waals surface area contributed by atoms with Gasteiger partial charge in [0.25, 0.3) is 0 Å². The van der Waals surface area contributed by atoms with Gasteiger partial charge in [-0.2, -0.15) is 0 Å². The van der Waals surface area contributed by atoms with Crippen LogP contribution in [0.2, 0.25) is 0 Å². The largest absolute Gasteiger partial charge is 0.445 e. The van der Waals surface area contributed by atoms with Gasteiger partial charge in [0, 0.05) is 19.6 Å². The minimum atomic E-state index is -0.294. The van der Waals surface area contributed by atoms with Crippen molar-refractivity contribution in [3.8, 4) is 0 Å². The molecule has 25 heavy (non-hydrogen) atoms. The van der Waals surface area contributed by atoms with Crippen LogP contribution in [0.5, 0.6) is 0 Å². The molecule has 6 nitrogen and oxygen atoms in total. The number of hydrogen-bond donors (Lipinski definition) is 1. The zero-order valence-corrected chi connectivity index (χ0v) is 14.9. The average Bonchev–Trinajstić information content (AvgIpc) is 2.95. The van der Waals surface area contributed by atoms with Gasteiger partial charge in [0.15, 0.2) is 0 Å². The summed E-state index contributed by atoms with van der Waals surface area (Å²) in [6, 6.07) is 9.71. The van der Waals surface area contributed by atoms with E-state index in [-0.39, 0.29) is 12.7 Å². The summed E-state index contributed by atoms with van der Waals surface area (Å²) in [6.45, 7) is 6.92. The molecule has 0 spiro atoms. The van der Waals surface area contributed by atoms with Crippen LogP contribution in [0, 0.1) is 5.92 Å². The molecule has 2 N–H and O–H groups in total. The summed E-state index contributed by atoms with van der Waals surface area (Å²) in [5.41, 5.74) is 9.08. The highest BCUT2D eigenvalue weighted by atomic mass is 16.6. The maximum atomic E-state index is 12.4. The van der Waals surface area contributed by atoms with Crippen LogP contribution < -0.4 is 5.73 Å². The van der Waals surface area contributed by atoms with E-state index in [2.05, 4.69) is 18.4 Å². The topological polar surface area (TPSA) is 73.4 Å². The minimum absolute atomic E-state index is 0.289. The van der Waals surface area contributed by atoms with Crippen molar-refractivity contribution in [3.63, 3.8) is 0 Å². The number of amides is 1. The molecule has 2 aromatic rings. The lowest BCUT2D eigenvalue weighted by atomic mass is 10.1. The van der Waals surface area contributed by atoms with Gasteiger partial charge in [0.1, 0.15) is 12.4 Å². The Kier molecular flexibility index (Phi) is 5.38. The van der Waals surface area contributed by atoms with Crippen LogP contribution >= 0.6 is 0 Å². The van der Waals surface area contributed by atoms with Crippen LogP contribution in [0.3, 0.4) is 0 Å². The van der Waals surface area contributed by atoms with Crippen molar-refractivity contribution in [2.24, 2.45) is 11.7 Å². The fourth-order valence-electron chi connectivity index (χ4n) is 3.19. The second-order valence-corrected chi connectivity index (χ2v) is 6.84. The number of aromatic nitrogens is 2. The van der Waals surface area contributed by atoms with Crippen molar-refractivity contribution < 1.29 is 9.53 Å². The molecule has 1 aliphatic rings. The van der Waals surface area contributed by atoms with E-state index in [9.17, 15) is 4.79 Å². The zero-order valence-electron chi connectivity index (χ0n) is 14.9. The van der Waals surface area contributed by atoms with Crippen molar-refractivity contribution in [2.75, 3.05) is 6.54 Å². The molecule has 0 saturated heterocycles. The molecule has 134 valence electrons. The Labute approximate surface area is 148 Å². The van der Waals surface area contributed by atoms with E-state index in [0.717, 1.165) is 29.2 Å².